The number of nitrogens with one attached hydrogen (secondary N) is 1. The second kappa shape index (κ2) is 3.67. The summed E-state index contributed by atoms with van der Waals surface area (Å²) >= 11 is 0. The van der Waals surface area contributed by atoms with Crippen LogP contribution in [0.1, 0.15) is 31.5 Å². The minimum Gasteiger partial charge on any atom is -0.365 e. The molecule has 0 amide bonds. The van der Waals surface area contributed by atoms with Crippen LogP contribution in [0.5, 0.6) is 0 Å². The minimum atomic E-state index is -0.362. The van der Waals surface area contributed by atoms with E-state index in [0.29, 0.717) is 18.3 Å². The molecule has 2 heterocycles. The van der Waals surface area contributed by atoms with Crippen molar-refractivity contribution in [1.82, 2.24) is 15.5 Å². The summed E-state index contributed by atoms with van der Waals surface area (Å²) in [6, 6.07) is 0. The summed E-state index contributed by atoms with van der Waals surface area (Å²) in [5, 5.41) is 6.84. The van der Waals surface area contributed by atoms with Crippen LogP contribution in [0.25, 0.3) is 0 Å². The second-order valence-electron chi connectivity index (χ2n) is 3.73. The predicted molar refractivity (Wildman–Crippen MR) is 49.6 cm³/mol. The fourth-order valence-corrected chi connectivity index (χ4v) is 1.65. The number of nitrogens with zero attached hydrogens (tertiary/aromatic N) is 2. The molecule has 0 saturated carbocycles. The summed E-state index contributed by atoms with van der Waals surface area (Å²) in [6.07, 6.45) is 2.01. The number of ether oxygens (including phenoxy) is 1. The van der Waals surface area contributed by atoms with Crippen LogP contribution >= 0.6 is 0 Å². The average Bonchev–Trinajstić information content (AvgIpc) is 2.75. The van der Waals surface area contributed by atoms with Crippen LogP contribution in [0.3, 0.4) is 0 Å². The molecule has 0 radical (unpaired) electrons. The molecular formula is C9H15N3O2. The van der Waals surface area contributed by atoms with Gasteiger partial charge >= 0.3 is 0 Å². The monoisotopic (exact) mass is 197 g/mol. The molecular weight excluding hydrogens is 182 g/mol. The summed E-state index contributed by atoms with van der Waals surface area (Å²) in [6.45, 7) is 3.40. The fraction of sp³-hybridized carbons (Fsp3) is 0.778. The van der Waals surface area contributed by atoms with Crippen molar-refractivity contribution in [1.29, 1.82) is 0 Å². The van der Waals surface area contributed by atoms with Gasteiger partial charge < -0.3 is 14.6 Å². The van der Waals surface area contributed by atoms with Crippen molar-refractivity contribution >= 4 is 0 Å². The first-order chi connectivity index (χ1) is 6.74. The van der Waals surface area contributed by atoms with E-state index in [-0.39, 0.29) is 5.60 Å². The van der Waals surface area contributed by atoms with Crippen LogP contribution in [0.4, 0.5) is 0 Å². The van der Waals surface area contributed by atoms with Gasteiger partial charge in [0.05, 0.1) is 6.54 Å². The molecule has 5 heteroatoms. The third-order valence-corrected chi connectivity index (χ3v) is 2.47. The second-order valence-corrected chi connectivity index (χ2v) is 3.73. The smallest absolute Gasteiger partial charge is 0.258 e. The Balaban J connectivity index is 2.15. The van der Waals surface area contributed by atoms with Crippen molar-refractivity contribution in [2.24, 2.45) is 0 Å². The van der Waals surface area contributed by atoms with E-state index >= 15 is 0 Å². The van der Waals surface area contributed by atoms with Gasteiger partial charge in [-0.15, -0.1) is 0 Å². The molecule has 1 atom stereocenters. The van der Waals surface area contributed by atoms with E-state index in [1.54, 1.807) is 0 Å². The highest BCUT2D eigenvalue weighted by atomic mass is 16.5. The largest absolute Gasteiger partial charge is 0.365 e. The summed E-state index contributed by atoms with van der Waals surface area (Å²) in [5.74, 6) is 1.28. The molecule has 1 fully saturated rings. The maximum atomic E-state index is 5.60. The topological polar surface area (TPSA) is 60.2 Å². The highest BCUT2D eigenvalue weighted by molar-refractivity contribution is 4.99. The van der Waals surface area contributed by atoms with E-state index in [1.165, 1.54) is 0 Å². The van der Waals surface area contributed by atoms with Gasteiger partial charge in [-0.05, 0) is 26.8 Å². The van der Waals surface area contributed by atoms with Crippen LogP contribution in [-0.4, -0.2) is 23.8 Å². The Morgan fingerprint density at radius 3 is 3.07 bits per heavy atom. The van der Waals surface area contributed by atoms with E-state index in [1.807, 2.05) is 14.0 Å². The molecule has 0 aromatic carbocycles. The Labute approximate surface area is 82.8 Å². The lowest BCUT2D eigenvalue weighted by molar-refractivity contribution is -0.00937. The zero-order chi connectivity index (χ0) is 10.0. The van der Waals surface area contributed by atoms with E-state index in [2.05, 4.69) is 15.5 Å². The van der Waals surface area contributed by atoms with Gasteiger partial charge in [-0.1, -0.05) is 5.16 Å². The number of hydrogen-bond donors (Lipinski definition) is 1. The lowest BCUT2D eigenvalue weighted by Gasteiger charge is -2.16. The van der Waals surface area contributed by atoms with Gasteiger partial charge in [0.25, 0.3) is 5.89 Å². The van der Waals surface area contributed by atoms with Crippen molar-refractivity contribution < 1.29 is 9.26 Å². The summed E-state index contributed by atoms with van der Waals surface area (Å²) in [4.78, 5) is 4.29. The molecule has 2 rings (SSSR count). The van der Waals surface area contributed by atoms with Crippen LogP contribution < -0.4 is 5.32 Å². The van der Waals surface area contributed by atoms with Gasteiger partial charge in [0.15, 0.2) is 5.82 Å². The van der Waals surface area contributed by atoms with Crippen LogP contribution in [0.15, 0.2) is 4.52 Å². The van der Waals surface area contributed by atoms with Gasteiger partial charge in [-0.25, -0.2) is 0 Å². The van der Waals surface area contributed by atoms with Crippen molar-refractivity contribution in [2.45, 2.75) is 31.9 Å². The Hall–Kier alpha value is -0.940. The van der Waals surface area contributed by atoms with Gasteiger partial charge in [0.2, 0.25) is 0 Å². The Kier molecular flexibility index (Phi) is 2.52. The fourth-order valence-electron chi connectivity index (χ4n) is 1.65. The molecule has 1 aromatic heterocycles. The minimum absolute atomic E-state index is 0.362. The maximum absolute atomic E-state index is 5.60. The van der Waals surface area contributed by atoms with Crippen molar-refractivity contribution in [3.63, 3.8) is 0 Å². The summed E-state index contributed by atoms with van der Waals surface area (Å²) in [7, 11) is 1.85. The Bertz CT molecular complexity index is 305. The maximum Gasteiger partial charge on any atom is 0.258 e. The zero-order valence-electron chi connectivity index (χ0n) is 8.54. The van der Waals surface area contributed by atoms with Crippen molar-refractivity contribution in [3.8, 4) is 0 Å². The van der Waals surface area contributed by atoms with Gasteiger partial charge in [-0.2, -0.15) is 4.98 Å². The molecule has 1 N–H and O–H groups in total. The number of rotatable bonds is 3. The third-order valence-electron chi connectivity index (χ3n) is 2.47. The Morgan fingerprint density at radius 1 is 1.57 bits per heavy atom. The van der Waals surface area contributed by atoms with E-state index in [9.17, 15) is 0 Å². The zero-order valence-corrected chi connectivity index (χ0v) is 8.54. The molecule has 0 spiro atoms. The van der Waals surface area contributed by atoms with Crippen LogP contribution in [0, 0.1) is 0 Å². The first-order valence-electron chi connectivity index (χ1n) is 4.86. The lowest BCUT2D eigenvalue weighted by Crippen LogP contribution is -2.20. The van der Waals surface area contributed by atoms with E-state index in [4.69, 9.17) is 9.26 Å². The molecule has 1 saturated heterocycles. The number of hydrogen-bond acceptors (Lipinski definition) is 5. The normalized spacial score (nSPS) is 27.0. The SMILES string of the molecule is CNCc1noc(C2(C)CCCO2)n1. The standard InChI is InChI=1S/C9H15N3O2/c1-9(4-3-5-13-9)8-11-7(6-10-2)12-14-8/h10H,3-6H2,1-2H3. The van der Waals surface area contributed by atoms with Gasteiger partial charge in [-0.3, -0.25) is 0 Å². The molecule has 1 aliphatic rings. The van der Waals surface area contributed by atoms with E-state index in [0.717, 1.165) is 19.4 Å². The highest BCUT2D eigenvalue weighted by Crippen LogP contribution is 2.34. The average molecular weight is 197 g/mol. The predicted octanol–water partition coefficient (Wildman–Crippen LogP) is 0.815. The molecule has 5 nitrogen and oxygen atoms in total. The third kappa shape index (κ3) is 1.65. The van der Waals surface area contributed by atoms with Crippen LogP contribution in [0.2, 0.25) is 0 Å². The molecule has 1 aliphatic heterocycles. The first-order valence-corrected chi connectivity index (χ1v) is 4.86. The molecule has 14 heavy (non-hydrogen) atoms. The molecule has 0 aliphatic carbocycles. The van der Waals surface area contributed by atoms with Crippen LogP contribution in [-0.2, 0) is 16.9 Å². The van der Waals surface area contributed by atoms with Gasteiger partial charge in [0, 0.05) is 6.61 Å². The van der Waals surface area contributed by atoms with E-state index < -0.39 is 0 Å². The Morgan fingerprint density at radius 2 is 2.43 bits per heavy atom. The summed E-state index contributed by atoms with van der Waals surface area (Å²) in [5.41, 5.74) is -0.362. The molecule has 1 aromatic rings. The highest BCUT2D eigenvalue weighted by Gasteiger charge is 2.37. The molecule has 78 valence electrons. The molecule has 0 bridgehead atoms. The van der Waals surface area contributed by atoms with Crippen molar-refractivity contribution in [3.05, 3.63) is 11.7 Å². The first kappa shape index (κ1) is 9.61. The molecule has 1 unspecified atom stereocenters. The number of aromatic nitrogens is 2. The quantitative estimate of drug-likeness (QED) is 0.777. The van der Waals surface area contributed by atoms with Gasteiger partial charge in [0.1, 0.15) is 5.60 Å². The van der Waals surface area contributed by atoms with Crippen molar-refractivity contribution in [2.75, 3.05) is 13.7 Å². The summed E-state index contributed by atoms with van der Waals surface area (Å²) < 4.78 is 10.8. The lowest BCUT2D eigenvalue weighted by atomic mass is 10.0.